The summed E-state index contributed by atoms with van der Waals surface area (Å²) < 4.78 is 32.6. The Bertz CT molecular complexity index is 1110. The Balaban J connectivity index is 4.46. The molecule has 1 unspecified atom stereocenters. The Morgan fingerprint density at radius 1 is 0.585 bits per heavy atom. The summed E-state index contributed by atoms with van der Waals surface area (Å²) in [6.07, 6.45) is 41.6. The molecule has 53 heavy (non-hydrogen) atoms. The minimum absolute atomic E-state index is 0.128. The van der Waals surface area contributed by atoms with Gasteiger partial charge < -0.3 is 24.6 Å². The summed E-state index contributed by atoms with van der Waals surface area (Å²) >= 11 is 0. The summed E-state index contributed by atoms with van der Waals surface area (Å²) in [5, 5.41) is 18.3. The zero-order chi connectivity index (χ0) is 39.1. The maximum absolute atomic E-state index is 12.6. The van der Waals surface area contributed by atoms with Crippen molar-refractivity contribution < 1.29 is 47.8 Å². The standard InChI is InChI=1S/C42H71O10P/c1-3-5-7-9-11-13-15-17-19-21-23-25-27-29-31-33-41(45)49-37-40(38-51-53(47,48)50-36-39(44)35-43)52-42(46)34-32-30-28-26-24-22-20-18-16-14-12-10-8-6-4-2/h5,7,11-14,17-20,24,26,39-40,43-44H,3-4,6,8-10,15-16,21-23,25,27-38H2,1-2H3,(H,47,48)/b7-5-,13-11-,14-12-,19-17-,20-18-,26-24-/t39-,40+/m0/s1. The highest BCUT2D eigenvalue weighted by atomic mass is 31.2. The second kappa shape index (κ2) is 37.7. The molecule has 0 aliphatic carbocycles. The number of ether oxygens (including phenoxy) is 2. The third-order valence-electron chi connectivity index (χ3n) is 7.84. The summed E-state index contributed by atoms with van der Waals surface area (Å²) in [5.74, 6) is -0.998. The molecular formula is C42H71O10P. The lowest BCUT2D eigenvalue weighted by Crippen LogP contribution is -2.29. The van der Waals surface area contributed by atoms with E-state index in [0.29, 0.717) is 12.8 Å². The molecule has 0 saturated carbocycles. The van der Waals surface area contributed by atoms with Crippen LogP contribution in [0.5, 0.6) is 0 Å². The SMILES string of the molecule is CC/C=C\C/C=C\C/C=C\CCCCCCCC(=O)OC[C@H](COP(=O)(O)OC[C@@H](O)CO)OC(=O)CCCC/C=C\C/C=C\C/C=C\CCCCC. The molecule has 0 saturated heterocycles. The molecule has 0 fully saturated rings. The first-order chi connectivity index (χ1) is 25.7. The Kier molecular flexibility index (Phi) is 35.9. The van der Waals surface area contributed by atoms with Gasteiger partial charge in [0.2, 0.25) is 0 Å². The zero-order valence-electron chi connectivity index (χ0n) is 32.7. The van der Waals surface area contributed by atoms with Crippen molar-refractivity contribution in [1.29, 1.82) is 0 Å². The maximum atomic E-state index is 12.6. The molecule has 3 N–H and O–H groups in total. The predicted molar refractivity (Wildman–Crippen MR) is 214 cm³/mol. The van der Waals surface area contributed by atoms with Gasteiger partial charge in [0.15, 0.2) is 6.10 Å². The Labute approximate surface area is 320 Å². The van der Waals surface area contributed by atoms with Crippen molar-refractivity contribution in [1.82, 2.24) is 0 Å². The van der Waals surface area contributed by atoms with Crippen LogP contribution in [0, 0.1) is 0 Å². The highest BCUT2D eigenvalue weighted by Gasteiger charge is 2.27. The molecule has 0 aliphatic heterocycles. The summed E-state index contributed by atoms with van der Waals surface area (Å²) in [4.78, 5) is 34.9. The van der Waals surface area contributed by atoms with E-state index < -0.39 is 51.8 Å². The van der Waals surface area contributed by atoms with Gasteiger partial charge in [-0.1, -0.05) is 119 Å². The van der Waals surface area contributed by atoms with E-state index in [0.717, 1.165) is 83.5 Å². The van der Waals surface area contributed by atoms with Crippen LogP contribution < -0.4 is 0 Å². The highest BCUT2D eigenvalue weighted by Crippen LogP contribution is 2.43. The number of carbonyl (C=O) groups is 2. The molecule has 10 nitrogen and oxygen atoms in total. The van der Waals surface area contributed by atoms with E-state index in [1.54, 1.807) is 0 Å². The number of esters is 2. The van der Waals surface area contributed by atoms with Gasteiger partial charge >= 0.3 is 19.8 Å². The minimum atomic E-state index is -4.63. The normalized spacial score (nSPS) is 14.7. The molecule has 0 aromatic carbocycles. The van der Waals surface area contributed by atoms with Gasteiger partial charge in [-0.05, 0) is 83.5 Å². The molecular weight excluding hydrogens is 695 g/mol. The van der Waals surface area contributed by atoms with Crippen molar-refractivity contribution in [3.05, 3.63) is 72.9 Å². The second-order valence-electron chi connectivity index (χ2n) is 12.9. The molecule has 0 heterocycles. The molecule has 304 valence electrons. The largest absolute Gasteiger partial charge is 0.472 e. The molecule has 0 amide bonds. The topological polar surface area (TPSA) is 149 Å². The van der Waals surface area contributed by atoms with Gasteiger partial charge in [-0.25, -0.2) is 4.57 Å². The smallest absolute Gasteiger partial charge is 0.462 e. The number of phosphoric ester groups is 1. The van der Waals surface area contributed by atoms with E-state index in [-0.39, 0.29) is 19.4 Å². The van der Waals surface area contributed by atoms with Gasteiger partial charge in [0.25, 0.3) is 0 Å². The summed E-state index contributed by atoms with van der Waals surface area (Å²) in [6, 6.07) is 0. The van der Waals surface area contributed by atoms with Crippen LogP contribution in [-0.2, 0) is 32.7 Å². The van der Waals surface area contributed by atoms with Gasteiger partial charge in [0, 0.05) is 12.8 Å². The van der Waals surface area contributed by atoms with Crippen LogP contribution in [0.25, 0.3) is 0 Å². The summed E-state index contributed by atoms with van der Waals surface area (Å²) in [6.45, 7) is 2.14. The number of rotatable bonds is 36. The van der Waals surface area contributed by atoms with E-state index >= 15 is 0 Å². The van der Waals surface area contributed by atoms with E-state index in [9.17, 15) is 24.2 Å². The Hall–Kier alpha value is -2.59. The molecule has 0 spiro atoms. The number of aliphatic hydroxyl groups excluding tert-OH is 2. The number of aliphatic hydroxyl groups is 2. The lowest BCUT2D eigenvalue weighted by atomic mass is 10.1. The lowest BCUT2D eigenvalue weighted by molar-refractivity contribution is -0.161. The Morgan fingerprint density at radius 3 is 1.60 bits per heavy atom. The first-order valence-corrected chi connectivity index (χ1v) is 21.4. The fraction of sp³-hybridized carbons (Fsp3) is 0.667. The van der Waals surface area contributed by atoms with Crippen LogP contribution in [0.4, 0.5) is 0 Å². The zero-order valence-corrected chi connectivity index (χ0v) is 33.6. The number of carbonyl (C=O) groups excluding carboxylic acids is 2. The second-order valence-corrected chi connectivity index (χ2v) is 14.4. The van der Waals surface area contributed by atoms with Crippen molar-refractivity contribution in [2.24, 2.45) is 0 Å². The fourth-order valence-corrected chi connectivity index (χ4v) is 5.57. The van der Waals surface area contributed by atoms with Crippen LogP contribution in [-0.4, -0.2) is 65.7 Å². The van der Waals surface area contributed by atoms with Crippen LogP contribution in [0.1, 0.15) is 142 Å². The van der Waals surface area contributed by atoms with Crippen LogP contribution in [0.2, 0.25) is 0 Å². The number of phosphoric acid groups is 1. The maximum Gasteiger partial charge on any atom is 0.472 e. The molecule has 11 heteroatoms. The van der Waals surface area contributed by atoms with Gasteiger partial charge in [0.1, 0.15) is 12.7 Å². The van der Waals surface area contributed by atoms with Crippen LogP contribution >= 0.6 is 7.82 Å². The van der Waals surface area contributed by atoms with E-state index in [2.05, 4.69) is 91.3 Å². The lowest BCUT2D eigenvalue weighted by Gasteiger charge is -2.20. The molecule has 0 radical (unpaired) electrons. The van der Waals surface area contributed by atoms with Crippen molar-refractivity contribution in [2.75, 3.05) is 26.4 Å². The van der Waals surface area contributed by atoms with Crippen LogP contribution in [0.15, 0.2) is 72.9 Å². The molecule has 0 bridgehead atoms. The van der Waals surface area contributed by atoms with Crippen molar-refractivity contribution >= 4 is 19.8 Å². The van der Waals surface area contributed by atoms with Gasteiger partial charge in [-0.2, -0.15) is 0 Å². The highest BCUT2D eigenvalue weighted by molar-refractivity contribution is 7.47. The number of allylic oxidation sites excluding steroid dienone is 12. The fourth-order valence-electron chi connectivity index (χ4n) is 4.78. The van der Waals surface area contributed by atoms with Crippen molar-refractivity contribution in [2.45, 2.75) is 154 Å². The number of hydrogen-bond acceptors (Lipinski definition) is 9. The molecule has 0 aromatic rings. The summed E-state index contributed by atoms with van der Waals surface area (Å²) in [5.41, 5.74) is 0. The average molecular weight is 767 g/mol. The predicted octanol–water partition coefficient (Wildman–Crippen LogP) is 10.1. The molecule has 0 aromatic heterocycles. The number of unbranched alkanes of at least 4 members (excludes halogenated alkanes) is 10. The third-order valence-corrected chi connectivity index (χ3v) is 8.80. The monoisotopic (exact) mass is 766 g/mol. The third kappa shape index (κ3) is 37.5. The van der Waals surface area contributed by atoms with E-state index in [1.165, 1.54) is 19.3 Å². The molecule has 0 rings (SSSR count). The molecule has 0 aliphatic rings. The Morgan fingerprint density at radius 2 is 1.04 bits per heavy atom. The van der Waals surface area contributed by atoms with E-state index in [1.807, 2.05) is 0 Å². The first kappa shape index (κ1) is 50.4. The average Bonchev–Trinajstić information content (AvgIpc) is 3.14. The first-order valence-electron chi connectivity index (χ1n) is 19.9. The summed E-state index contributed by atoms with van der Waals surface area (Å²) in [7, 11) is -4.63. The van der Waals surface area contributed by atoms with Crippen LogP contribution in [0.3, 0.4) is 0 Å². The number of hydrogen-bond donors (Lipinski definition) is 3. The molecule has 3 atom stereocenters. The van der Waals surface area contributed by atoms with E-state index in [4.69, 9.17) is 19.1 Å². The van der Waals surface area contributed by atoms with Crippen molar-refractivity contribution in [3.63, 3.8) is 0 Å². The van der Waals surface area contributed by atoms with Crippen molar-refractivity contribution in [3.8, 4) is 0 Å². The van der Waals surface area contributed by atoms with Gasteiger partial charge in [-0.3, -0.25) is 18.6 Å². The minimum Gasteiger partial charge on any atom is -0.462 e. The van der Waals surface area contributed by atoms with Gasteiger partial charge in [-0.15, -0.1) is 0 Å². The van der Waals surface area contributed by atoms with Gasteiger partial charge in [0.05, 0.1) is 19.8 Å². The quantitative estimate of drug-likeness (QED) is 0.0243.